The fourth-order valence-corrected chi connectivity index (χ4v) is 3.57. The quantitative estimate of drug-likeness (QED) is 0.516. The first-order valence-electron chi connectivity index (χ1n) is 9.11. The van der Waals surface area contributed by atoms with Crippen LogP contribution in [-0.2, 0) is 0 Å². The normalized spacial score (nSPS) is 12.5. The summed E-state index contributed by atoms with van der Waals surface area (Å²) in [6, 6.07) is 20.4. The molecule has 0 unspecified atom stereocenters. The van der Waals surface area contributed by atoms with Gasteiger partial charge in [-0.3, -0.25) is 4.98 Å². The molecule has 6 nitrogen and oxygen atoms in total. The lowest BCUT2D eigenvalue weighted by atomic mass is 10.0. The molecule has 6 heteroatoms. The molecule has 0 amide bonds. The Balaban J connectivity index is 1.74. The topological polar surface area (TPSA) is 82.5 Å². The molecule has 0 aliphatic carbocycles. The van der Waals surface area contributed by atoms with Gasteiger partial charge in [-0.1, -0.05) is 41.6 Å². The first-order valence-corrected chi connectivity index (χ1v) is 9.11. The van der Waals surface area contributed by atoms with Crippen LogP contribution in [0.15, 0.2) is 73.1 Å². The second-order valence-corrected chi connectivity index (χ2v) is 6.81. The molecule has 2 aromatic carbocycles. The number of anilines is 1. The fraction of sp³-hybridized carbons (Fsp3) is 0.0909. The van der Waals surface area contributed by atoms with Crippen molar-refractivity contribution in [3.63, 3.8) is 0 Å². The fourth-order valence-electron chi connectivity index (χ4n) is 3.57. The Morgan fingerprint density at radius 2 is 1.71 bits per heavy atom. The number of hydrogen-bond acceptors (Lipinski definition) is 5. The van der Waals surface area contributed by atoms with E-state index in [0.29, 0.717) is 5.82 Å². The van der Waals surface area contributed by atoms with Gasteiger partial charge in [0.15, 0.2) is 0 Å². The van der Waals surface area contributed by atoms with Crippen molar-refractivity contribution in [3.8, 4) is 11.1 Å². The summed E-state index contributed by atoms with van der Waals surface area (Å²) in [5.74, 6) is 0.498. The Labute approximate surface area is 161 Å². The van der Waals surface area contributed by atoms with Crippen molar-refractivity contribution in [1.29, 1.82) is 0 Å². The molecule has 3 aromatic heterocycles. The summed E-state index contributed by atoms with van der Waals surface area (Å²) < 4.78 is 1.97. The maximum atomic E-state index is 5.86. The minimum Gasteiger partial charge on any atom is -0.384 e. The molecular formula is C22H18N6. The van der Waals surface area contributed by atoms with Crippen molar-refractivity contribution in [2.24, 2.45) is 0 Å². The van der Waals surface area contributed by atoms with Crippen LogP contribution in [0.4, 0.5) is 5.82 Å². The zero-order valence-electron chi connectivity index (χ0n) is 15.3. The Kier molecular flexibility index (Phi) is 3.76. The first-order chi connectivity index (χ1) is 13.7. The standard InChI is InChI=1S/C22H18N6/c1-14(15-5-3-2-4-6-15)28-22-18-11-16(17-9-10-24-21(23)12-17)7-8-19(18)25-13-20(22)26-27-28/h2-14H,1H3,(H2,23,24)/t14-/m1/s1. The van der Waals surface area contributed by atoms with E-state index in [1.165, 1.54) is 5.56 Å². The SMILES string of the molecule is C[C@H](c1ccccc1)n1nnc2cnc3ccc(-c4ccnc(N)c4)cc3c21. The van der Waals surface area contributed by atoms with Gasteiger partial charge in [0.25, 0.3) is 0 Å². The highest BCUT2D eigenvalue weighted by Crippen LogP contribution is 2.30. The van der Waals surface area contributed by atoms with Crippen LogP contribution in [0.25, 0.3) is 33.1 Å². The number of nitrogen functional groups attached to an aromatic ring is 1. The molecule has 0 aliphatic heterocycles. The molecule has 0 saturated carbocycles. The van der Waals surface area contributed by atoms with Gasteiger partial charge in [0.1, 0.15) is 16.9 Å². The molecule has 0 fully saturated rings. The van der Waals surface area contributed by atoms with Crippen LogP contribution < -0.4 is 5.73 Å². The lowest BCUT2D eigenvalue weighted by Gasteiger charge is -2.14. The van der Waals surface area contributed by atoms with E-state index in [2.05, 4.69) is 45.4 Å². The van der Waals surface area contributed by atoms with Gasteiger partial charge >= 0.3 is 0 Å². The molecule has 2 N–H and O–H groups in total. The molecule has 28 heavy (non-hydrogen) atoms. The van der Waals surface area contributed by atoms with Crippen LogP contribution in [0.1, 0.15) is 18.5 Å². The number of fused-ring (bicyclic) bond motifs is 3. The second kappa shape index (κ2) is 6.42. The monoisotopic (exact) mass is 366 g/mol. The predicted molar refractivity (Wildman–Crippen MR) is 111 cm³/mol. The van der Waals surface area contributed by atoms with Gasteiger partial charge in [-0.2, -0.15) is 0 Å². The van der Waals surface area contributed by atoms with Gasteiger partial charge in [-0.25, -0.2) is 9.67 Å². The van der Waals surface area contributed by atoms with Crippen LogP contribution in [-0.4, -0.2) is 25.0 Å². The minimum absolute atomic E-state index is 0.0528. The average Bonchev–Trinajstić information content (AvgIpc) is 3.18. The van der Waals surface area contributed by atoms with Crippen LogP contribution in [0.5, 0.6) is 0 Å². The Morgan fingerprint density at radius 3 is 2.54 bits per heavy atom. The van der Waals surface area contributed by atoms with Crippen molar-refractivity contribution in [1.82, 2.24) is 25.0 Å². The maximum Gasteiger partial charge on any atom is 0.132 e. The molecular weight excluding hydrogens is 348 g/mol. The Hall–Kier alpha value is -3.80. The highest BCUT2D eigenvalue weighted by atomic mass is 15.4. The van der Waals surface area contributed by atoms with Crippen LogP contribution in [0, 0.1) is 0 Å². The third-order valence-electron chi connectivity index (χ3n) is 5.06. The molecule has 3 heterocycles. The predicted octanol–water partition coefficient (Wildman–Crippen LogP) is 4.23. The van der Waals surface area contributed by atoms with Crippen LogP contribution in [0.2, 0.25) is 0 Å². The number of rotatable bonds is 3. The summed E-state index contributed by atoms with van der Waals surface area (Å²) in [7, 11) is 0. The zero-order chi connectivity index (χ0) is 19.1. The van der Waals surface area contributed by atoms with E-state index in [1.807, 2.05) is 47.1 Å². The Morgan fingerprint density at radius 1 is 0.893 bits per heavy atom. The first kappa shape index (κ1) is 16.4. The molecule has 0 saturated heterocycles. The summed E-state index contributed by atoms with van der Waals surface area (Å²) in [6.45, 7) is 2.13. The largest absolute Gasteiger partial charge is 0.384 e. The molecule has 0 radical (unpaired) electrons. The van der Waals surface area contributed by atoms with Gasteiger partial charge in [0.05, 0.1) is 17.8 Å². The smallest absolute Gasteiger partial charge is 0.132 e. The van der Waals surface area contributed by atoms with Crippen molar-refractivity contribution in [2.45, 2.75) is 13.0 Å². The summed E-state index contributed by atoms with van der Waals surface area (Å²) >= 11 is 0. The Bertz CT molecular complexity index is 1290. The molecule has 1 atom stereocenters. The maximum absolute atomic E-state index is 5.86. The average molecular weight is 366 g/mol. The highest BCUT2D eigenvalue weighted by molar-refractivity contribution is 6.03. The number of pyridine rings is 2. The molecule has 0 spiro atoms. The number of benzene rings is 2. The van der Waals surface area contributed by atoms with Crippen LogP contribution in [0.3, 0.4) is 0 Å². The van der Waals surface area contributed by atoms with Gasteiger partial charge in [0.2, 0.25) is 0 Å². The third kappa shape index (κ3) is 2.66. The van der Waals surface area contributed by atoms with Crippen molar-refractivity contribution in [2.75, 3.05) is 5.73 Å². The number of hydrogen-bond donors (Lipinski definition) is 1. The van der Waals surface area contributed by atoms with Crippen molar-refractivity contribution in [3.05, 3.63) is 78.6 Å². The highest BCUT2D eigenvalue weighted by Gasteiger charge is 2.16. The van der Waals surface area contributed by atoms with E-state index in [4.69, 9.17) is 5.73 Å². The number of nitrogens with zero attached hydrogens (tertiary/aromatic N) is 5. The summed E-state index contributed by atoms with van der Waals surface area (Å²) in [5.41, 5.74) is 11.8. The zero-order valence-corrected chi connectivity index (χ0v) is 15.3. The molecule has 0 aliphatic rings. The third-order valence-corrected chi connectivity index (χ3v) is 5.06. The second-order valence-electron chi connectivity index (χ2n) is 6.81. The van der Waals surface area contributed by atoms with E-state index in [-0.39, 0.29) is 6.04 Å². The minimum atomic E-state index is 0.0528. The van der Waals surface area contributed by atoms with E-state index < -0.39 is 0 Å². The van der Waals surface area contributed by atoms with Crippen LogP contribution >= 0.6 is 0 Å². The van der Waals surface area contributed by atoms with Crippen molar-refractivity contribution < 1.29 is 0 Å². The van der Waals surface area contributed by atoms with Gasteiger partial charge < -0.3 is 5.73 Å². The van der Waals surface area contributed by atoms with Gasteiger partial charge in [0, 0.05) is 11.6 Å². The number of aromatic nitrogens is 5. The van der Waals surface area contributed by atoms with E-state index >= 15 is 0 Å². The molecule has 5 rings (SSSR count). The van der Waals surface area contributed by atoms with Gasteiger partial charge in [-0.15, -0.1) is 5.10 Å². The van der Waals surface area contributed by atoms with Crippen molar-refractivity contribution >= 4 is 27.8 Å². The lowest BCUT2D eigenvalue weighted by molar-refractivity contribution is 0.561. The lowest BCUT2D eigenvalue weighted by Crippen LogP contribution is -2.08. The summed E-state index contributed by atoms with van der Waals surface area (Å²) in [5, 5.41) is 9.80. The number of nitrogens with two attached hydrogens (primary N) is 1. The van der Waals surface area contributed by atoms with E-state index in [0.717, 1.165) is 33.1 Å². The van der Waals surface area contributed by atoms with Gasteiger partial charge in [-0.05, 0) is 47.9 Å². The molecule has 5 aromatic rings. The van der Waals surface area contributed by atoms with E-state index in [1.54, 1.807) is 12.4 Å². The molecule has 136 valence electrons. The summed E-state index contributed by atoms with van der Waals surface area (Å²) in [4.78, 5) is 8.64. The molecule has 0 bridgehead atoms. The van der Waals surface area contributed by atoms with E-state index in [9.17, 15) is 0 Å². The summed E-state index contributed by atoms with van der Waals surface area (Å²) in [6.07, 6.45) is 3.50.